The van der Waals surface area contributed by atoms with E-state index in [2.05, 4.69) is 41.6 Å². The first-order valence-electron chi connectivity index (χ1n) is 6.05. The summed E-state index contributed by atoms with van der Waals surface area (Å²) in [7, 11) is 3.90. The average molecular weight is 230 g/mol. The lowest BCUT2D eigenvalue weighted by atomic mass is 10.2. The smallest absolute Gasteiger partial charge is 0.119 e. The zero-order valence-corrected chi connectivity index (χ0v) is 10.6. The molecule has 1 aliphatic heterocycles. The predicted octanol–water partition coefficient (Wildman–Crippen LogP) is 2.48. The first-order valence-corrected chi connectivity index (χ1v) is 6.05. The Bertz CT molecular complexity index is 559. The fourth-order valence-corrected chi connectivity index (χ4v) is 2.59. The molecule has 0 spiro atoms. The van der Waals surface area contributed by atoms with Crippen LogP contribution in [0.2, 0.25) is 0 Å². The molecule has 0 bridgehead atoms. The van der Waals surface area contributed by atoms with E-state index in [9.17, 15) is 0 Å². The zero-order chi connectivity index (χ0) is 12.0. The maximum absolute atomic E-state index is 5.28. The van der Waals surface area contributed by atoms with Crippen molar-refractivity contribution in [1.29, 1.82) is 0 Å². The highest BCUT2D eigenvalue weighted by atomic mass is 16.5. The van der Waals surface area contributed by atoms with Crippen LogP contribution in [0, 0.1) is 0 Å². The number of benzene rings is 1. The van der Waals surface area contributed by atoms with Crippen LogP contribution < -0.4 is 4.74 Å². The second-order valence-electron chi connectivity index (χ2n) is 4.94. The van der Waals surface area contributed by atoms with Gasteiger partial charge in [-0.2, -0.15) is 0 Å². The second kappa shape index (κ2) is 3.77. The maximum Gasteiger partial charge on any atom is 0.119 e. The van der Waals surface area contributed by atoms with Gasteiger partial charge in [0.05, 0.1) is 7.11 Å². The fourth-order valence-electron chi connectivity index (χ4n) is 2.59. The third-order valence-corrected chi connectivity index (χ3v) is 3.80. The summed E-state index contributed by atoms with van der Waals surface area (Å²) >= 11 is 0. The van der Waals surface area contributed by atoms with E-state index in [-0.39, 0.29) is 0 Å². The van der Waals surface area contributed by atoms with Gasteiger partial charge in [-0.25, -0.2) is 0 Å². The molecule has 0 saturated carbocycles. The Balaban J connectivity index is 2.15. The van der Waals surface area contributed by atoms with E-state index < -0.39 is 0 Å². The highest BCUT2D eigenvalue weighted by Crippen LogP contribution is 2.28. The topological polar surface area (TPSA) is 17.4 Å². The minimum absolute atomic E-state index is 0.597. The molecule has 3 heteroatoms. The molecule has 1 atom stereocenters. The lowest BCUT2D eigenvalue weighted by Gasteiger charge is -2.31. The van der Waals surface area contributed by atoms with Gasteiger partial charge in [0.25, 0.3) is 0 Å². The van der Waals surface area contributed by atoms with Crippen LogP contribution in [0.1, 0.15) is 12.6 Å². The summed E-state index contributed by atoms with van der Waals surface area (Å²) in [6.45, 7) is 4.37. The number of likely N-dealkylation sites (N-methyl/N-ethyl adjacent to an activating group) is 1. The van der Waals surface area contributed by atoms with Crippen molar-refractivity contribution in [1.82, 2.24) is 9.47 Å². The highest BCUT2D eigenvalue weighted by Gasteiger charge is 2.21. The average Bonchev–Trinajstić information content (AvgIpc) is 2.66. The van der Waals surface area contributed by atoms with Crippen molar-refractivity contribution in [3.8, 4) is 5.75 Å². The van der Waals surface area contributed by atoms with E-state index in [0.29, 0.717) is 6.04 Å². The van der Waals surface area contributed by atoms with Gasteiger partial charge in [0.15, 0.2) is 0 Å². The molecule has 0 amide bonds. The molecule has 0 aliphatic carbocycles. The zero-order valence-electron chi connectivity index (χ0n) is 10.6. The summed E-state index contributed by atoms with van der Waals surface area (Å²) in [4.78, 5) is 2.39. The molecule has 90 valence electrons. The van der Waals surface area contributed by atoms with Gasteiger partial charge in [-0.1, -0.05) is 0 Å². The van der Waals surface area contributed by atoms with E-state index in [1.165, 1.54) is 16.6 Å². The van der Waals surface area contributed by atoms with Crippen molar-refractivity contribution in [3.63, 3.8) is 0 Å². The van der Waals surface area contributed by atoms with Crippen LogP contribution in [0.25, 0.3) is 10.9 Å². The first kappa shape index (κ1) is 10.7. The summed E-state index contributed by atoms with van der Waals surface area (Å²) in [6.07, 6.45) is 0. The van der Waals surface area contributed by atoms with Gasteiger partial charge >= 0.3 is 0 Å². The van der Waals surface area contributed by atoms with Crippen molar-refractivity contribution < 1.29 is 4.74 Å². The van der Waals surface area contributed by atoms with Gasteiger partial charge in [0, 0.05) is 35.7 Å². The molecule has 2 aromatic rings. The molecule has 3 nitrogen and oxygen atoms in total. The quantitative estimate of drug-likeness (QED) is 0.749. The Morgan fingerprint density at radius 3 is 2.88 bits per heavy atom. The maximum atomic E-state index is 5.28. The first-order chi connectivity index (χ1) is 8.19. The van der Waals surface area contributed by atoms with Crippen LogP contribution in [-0.2, 0) is 13.1 Å². The van der Waals surface area contributed by atoms with Gasteiger partial charge in [0.2, 0.25) is 0 Å². The second-order valence-corrected chi connectivity index (χ2v) is 4.94. The summed E-state index contributed by atoms with van der Waals surface area (Å²) in [5.74, 6) is 0.932. The molecule has 0 saturated heterocycles. The van der Waals surface area contributed by atoms with Crippen molar-refractivity contribution >= 4 is 10.9 Å². The molecule has 0 unspecified atom stereocenters. The Kier molecular flexibility index (Phi) is 2.37. The molecule has 2 heterocycles. The van der Waals surface area contributed by atoms with Crippen molar-refractivity contribution in [2.24, 2.45) is 0 Å². The Morgan fingerprint density at radius 1 is 1.29 bits per heavy atom. The predicted molar refractivity (Wildman–Crippen MR) is 69.4 cm³/mol. The van der Waals surface area contributed by atoms with Crippen LogP contribution in [0.3, 0.4) is 0 Å². The van der Waals surface area contributed by atoms with Gasteiger partial charge in [0.1, 0.15) is 5.75 Å². The molecule has 17 heavy (non-hydrogen) atoms. The Morgan fingerprint density at radius 2 is 2.12 bits per heavy atom. The highest BCUT2D eigenvalue weighted by molar-refractivity contribution is 5.83. The van der Waals surface area contributed by atoms with Crippen LogP contribution in [0.5, 0.6) is 5.75 Å². The summed E-state index contributed by atoms with van der Waals surface area (Å²) in [6, 6.07) is 9.19. The standard InChI is InChI=1S/C14H18N2O/c1-10-8-16-12(9-15(10)2)6-11-7-13(17-3)4-5-14(11)16/h4-7,10H,8-9H2,1-3H3/t10-/m1/s1. The number of ether oxygens (including phenoxy) is 1. The van der Waals surface area contributed by atoms with Crippen LogP contribution in [-0.4, -0.2) is 29.7 Å². The monoisotopic (exact) mass is 230 g/mol. The van der Waals surface area contributed by atoms with Crippen LogP contribution >= 0.6 is 0 Å². The van der Waals surface area contributed by atoms with Crippen LogP contribution in [0.15, 0.2) is 24.3 Å². The Hall–Kier alpha value is -1.48. The summed E-state index contributed by atoms with van der Waals surface area (Å²) < 4.78 is 7.71. The minimum atomic E-state index is 0.597. The molecule has 1 aromatic carbocycles. The van der Waals surface area contributed by atoms with E-state index in [1.54, 1.807) is 7.11 Å². The molecular weight excluding hydrogens is 212 g/mol. The van der Waals surface area contributed by atoms with E-state index in [0.717, 1.165) is 18.8 Å². The molecular formula is C14H18N2O. The number of nitrogens with zero attached hydrogens (tertiary/aromatic N) is 2. The van der Waals surface area contributed by atoms with Crippen molar-refractivity contribution in [3.05, 3.63) is 30.0 Å². The number of methoxy groups -OCH3 is 1. The molecule has 0 fully saturated rings. The molecule has 1 aromatic heterocycles. The van der Waals surface area contributed by atoms with E-state index in [1.807, 2.05) is 6.07 Å². The van der Waals surface area contributed by atoms with Crippen molar-refractivity contribution in [2.75, 3.05) is 14.2 Å². The third-order valence-electron chi connectivity index (χ3n) is 3.80. The van der Waals surface area contributed by atoms with Gasteiger partial charge in [-0.15, -0.1) is 0 Å². The largest absolute Gasteiger partial charge is 0.497 e. The molecule has 0 N–H and O–H groups in total. The van der Waals surface area contributed by atoms with Crippen LogP contribution in [0.4, 0.5) is 0 Å². The summed E-state index contributed by atoms with van der Waals surface area (Å²) in [5.41, 5.74) is 2.72. The van der Waals surface area contributed by atoms with Gasteiger partial charge < -0.3 is 9.30 Å². The SMILES string of the molecule is COc1ccc2c(c1)cc1n2C[C@@H](C)N(C)C1. The third kappa shape index (κ3) is 1.62. The number of hydrogen-bond acceptors (Lipinski definition) is 2. The minimum Gasteiger partial charge on any atom is -0.497 e. The number of rotatable bonds is 1. The molecule has 1 aliphatic rings. The Labute approximate surface area is 102 Å². The van der Waals surface area contributed by atoms with Gasteiger partial charge in [-0.3, -0.25) is 4.90 Å². The normalized spacial score (nSPS) is 20.5. The molecule has 0 radical (unpaired) electrons. The van der Waals surface area contributed by atoms with E-state index in [4.69, 9.17) is 4.74 Å². The fraction of sp³-hybridized carbons (Fsp3) is 0.429. The molecule has 3 rings (SSSR count). The van der Waals surface area contributed by atoms with Gasteiger partial charge in [-0.05, 0) is 38.2 Å². The number of fused-ring (bicyclic) bond motifs is 3. The lowest BCUT2D eigenvalue weighted by molar-refractivity contribution is 0.194. The lowest BCUT2D eigenvalue weighted by Crippen LogP contribution is -2.37. The summed E-state index contributed by atoms with van der Waals surface area (Å²) in [5, 5.41) is 1.28. The van der Waals surface area contributed by atoms with Crippen molar-refractivity contribution in [2.45, 2.75) is 26.1 Å². The van der Waals surface area contributed by atoms with E-state index >= 15 is 0 Å². The number of aromatic nitrogens is 1. The number of hydrogen-bond donors (Lipinski definition) is 0.